The fourth-order valence-corrected chi connectivity index (χ4v) is 1.72. The molecule has 14 heavy (non-hydrogen) atoms. The number of piperidine rings is 1. The smallest absolute Gasteiger partial charge is 0.318 e. The summed E-state index contributed by atoms with van der Waals surface area (Å²) in [6.45, 7) is 3.04. The van der Waals surface area contributed by atoms with Crippen molar-refractivity contribution in [1.29, 1.82) is 0 Å². The van der Waals surface area contributed by atoms with E-state index in [9.17, 15) is 9.59 Å². The molecule has 0 saturated carbocycles. The average molecular weight is 199 g/mol. The molecule has 5 heteroatoms. The number of carbonyl (C=O) groups is 2. The van der Waals surface area contributed by atoms with E-state index in [-0.39, 0.29) is 6.03 Å². The van der Waals surface area contributed by atoms with Crippen molar-refractivity contribution in [3.8, 4) is 0 Å². The van der Waals surface area contributed by atoms with Crippen LogP contribution in [0.2, 0.25) is 0 Å². The summed E-state index contributed by atoms with van der Waals surface area (Å²) in [7, 11) is 0. The van der Waals surface area contributed by atoms with Gasteiger partial charge >= 0.3 is 6.03 Å². The van der Waals surface area contributed by atoms with Gasteiger partial charge in [0.25, 0.3) is 0 Å². The molecule has 1 rings (SSSR count). The molecule has 3 N–H and O–H groups in total. The summed E-state index contributed by atoms with van der Waals surface area (Å²) in [6, 6.07) is -0.605. The third-order valence-electron chi connectivity index (χ3n) is 2.42. The molecular weight excluding hydrogens is 182 g/mol. The van der Waals surface area contributed by atoms with Crippen LogP contribution in [-0.2, 0) is 4.79 Å². The average Bonchev–Trinajstić information content (AvgIpc) is 2.18. The number of rotatable bonds is 2. The first kappa shape index (κ1) is 10.8. The van der Waals surface area contributed by atoms with Crippen LogP contribution in [0.3, 0.4) is 0 Å². The normalized spacial score (nSPS) is 21.8. The zero-order valence-electron chi connectivity index (χ0n) is 8.45. The monoisotopic (exact) mass is 199 g/mol. The van der Waals surface area contributed by atoms with Gasteiger partial charge in [0.1, 0.15) is 6.04 Å². The number of carbonyl (C=O) groups excluding carboxylic acids is 2. The molecule has 80 valence electrons. The van der Waals surface area contributed by atoms with Crippen LogP contribution in [0.5, 0.6) is 0 Å². The topological polar surface area (TPSA) is 75.4 Å². The van der Waals surface area contributed by atoms with Gasteiger partial charge in [0.2, 0.25) is 5.91 Å². The summed E-state index contributed by atoms with van der Waals surface area (Å²) in [5.41, 5.74) is 5.23. The predicted molar refractivity (Wildman–Crippen MR) is 52.6 cm³/mol. The van der Waals surface area contributed by atoms with Gasteiger partial charge in [-0.25, -0.2) is 4.79 Å². The second-order valence-electron chi connectivity index (χ2n) is 3.44. The van der Waals surface area contributed by atoms with Crippen molar-refractivity contribution in [3.05, 3.63) is 0 Å². The molecule has 1 aliphatic heterocycles. The first-order valence-electron chi connectivity index (χ1n) is 5.00. The summed E-state index contributed by atoms with van der Waals surface area (Å²) in [5.74, 6) is -0.407. The maximum absolute atomic E-state index is 11.5. The number of primary amides is 1. The second kappa shape index (κ2) is 4.83. The van der Waals surface area contributed by atoms with E-state index in [1.165, 1.54) is 4.90 Å². The molecule has 0 aromatic rings. The minimum absolute atomic E-state index is 0.184. The van der Waals surface area contributed by atoms with Crippen molar-refractivity contribution in [1.82, 2.24) is 10.2 Å². The molecule has 1 atom stereocenters. The van der Waals surface area contributed by atoms with Crippen LogP contribution in [0.25, 0.3) is 0 Å². The predicted octanol–water partition coefficient (Wildman–Crippen LogP) is 0.0557. The van der Waals surface area contributed by atoms with Gasteiger partial charge in [-0.1, -0.05) is 0 Å². The van der Waals surface area contributed by atoms with Crippen molar-refractivity contribution in [3.63, 3.8) is 0 Å². The SMILES string of the molecule is CCNC(=O)N1CCCCC1C(N)=O. The van der Waals surface area contributed by atoms with Gasteiger partial charge in [0, 0.05) is 13.1 Å². The van der Waals surface area contributed by atoms with Crippen molar-refractivity contribution >= 4 is 11.9 Å². The van der Waals surface area contributed by atoms with Crippen molar-refractivity contribution in [2.45, 2.75) is 32.2 Å². The third kappa shape index (κ3) is 2.37. The molecule has 0 aliphatic carbocycles. The molecule has 5 nitrogen and oxygen atoms in total. The molecule has 0 radical (unpaired) electrons. The molecule has 0 aromatic heterocycles. The number of nitrogens with zero attached hydrogens (tertiary/aromatic N) is 1. The van der Waals surface area contributed by atoms with Crippen LogP contribution in [0.15, 0.2) is 0 Å². The maximum atomic E-state index is 11.5. The first-order chi connectivity index (χ1) is 6.66. The van der Waals surface area contributed by atoms with E-state index < -0.39 is 11.9 Å². The van der Waals surface area contributed by atoms with Gasteiger partial charge in [0.15, 0.2) is 0 Å². The Balaban J connectivity index is 2.62. The maximum Gasteiger partial charge on any atom is 0.318 e. The highest BCUT2D eigenvalue weighted by atomic mass is 16.2. The Morgan fingerprint density at radius 3 is 2.79 bits per heavy atom. The van der Waals surface area contributed by atoms with Crippen LogP contribution in [0.1, 0.15) is 26.2 Å². The molecule has 0 spiro atoms. The molecule has 3 amide bonds. The third-order valence-corrected chi connectivity index (χ3v) is 2.42. The van der Waals surface area contributed by atoms with E-state index in [2.05, 4.69) is 5.32 Å². The summed E-state index contributed by atoms with van der Waals surface area (Å²) in [5, 5.41) is 2.68. The molecule has 0 aromatic carbocycles. The summed E-state index contributed by atoms with van der Waals surface area (Å²) < 4.78 is 0. The number of amides is 3. The number of hydrogen-bond acceptors (Lipinski definition) is 2. The largest absolute Gasteiger partial charge is 0.368 e. The zero-order valence-corrected chi connectivity index (χ0v) is 8.45. The van der Waals surface area contributed by atoms with Gasteiger partial charge in [-0.2, -0.15) is 0 Å². The Kier molecular flexibility index (Phi) is 3.73. The Morgan fingerprint density at radius 2 is 2.21 bits per heavy atom. The quantitative estimate of drug-likeness (QED) is 0.659. The number of hydrogen-bond donors (Lipinski definition) is 2. The molecule has 1 fully saturated rings. The standard InChI is InChI=1S/C9H17N3O2/c1-2-11-9(14)12-6-4-3-5-7(12)8(10)13/h7H,2-6H2,1H3,(H2,10,13)(H,11,14). The molecule has 0 bridgehead atoms. The van der Waals surface area contributed by atoms with Gasteiger partial charge in [-0.05, 0) is 26.2 Å². The molecule has 1 aliphatic rings. The fourth-order valence-electron chi connectivity index (χ4n) is 1.72. The highest BCUT2D eigenvalue weighted by molar-refractivity contribution is 5.86. The second-order valence-corrected chi connectivity index (χ2v) is 3.44. The first-order valence-corrected chi connectivity index (χ1v) is 5.00. The van der Waals surface area contributed by atoms with E-state index in [4.69, 9.17) is 5.73 Å². The zero-order chi connectivity index (χ0) is 10.6. The van der Waals surface area contributed by atoms with Crippen molar-refractivity contribution in [2.24, 2.45) is 5.73 Å². The Hall–Kier alpha value is -1.26. The Morgan fingerprint density at radius 1 is 1.50 bits per heavy atom. The van der Waals surface area contributed by atoms with Crippen molar-refractivity contribution < 1.29 is 9.59 Å². The minimum atomic E-state index is -0.421. The van der Waals surface area contributed by atoms with E-state index >= 15 is 0 Å². The van der Waals surface area contributed by atoms with Crippen LogP contribution in [-0.4, -0.2) is 36.0 Å². The van der Waals surface area contributed by atoms with Gasteiger partial charge in [-0.15, -0.1) is 0 Å². The van der Waals surface area contributed by atoms with Crippen molar-refractivity contribution in [2.75, 3.05) is 13.1 Å². The van der Waals surface area contributed by atoms with E-state index in [1.54, 1.807) is 0 Å². The van der Waals surface area contributed by atoms with Gasteiger partial charge in [0.05, 0.1) is 0 Å². The molecular formula is C9H17N3O2. The highest BCUT2D eigenvalue weighted by Gasteiger charge is 2.29. The van der Waals surface area contributed by atoms with Crippen LogP contribution in [0, 0.1) is 0 Å². The molecule has 1 heterocycles. The summed E-state index contributed by atoms with van der Waals surface area (Å²) in [4.78, 5) is 24.1. The lowest BCUT2D eigenvalue weighted by molar-refractivity contribution is -0.123. The van der Waals surface area contributed by atoms with E-state index in [1.807, 2.05) is 6.92 Å². The number of nitrogens with one attached hydrogen (secondary N) is 1. The van der Waals surface area contributed by atoms with E-state index in [0.717, 1.165) is 12.8 Å². The fraction of sp³-hybridized carbons (Fsp3) is 0.778. The number of urea groups is 1. The lowest BCUT2D eigenvalue weighted by Crippen LogP contribution is -2.53. The highest BCUT2D eigenvalue weighted by Crippen LogP contribution is 2.16. The van der Waals surface area contributed by atoms with Gasteiger partial charge in [-0.3, -0.25) is 4.79 Å². The molecule has 1 unspecified atom stereocenters. The number of likely N-dealkylation sites (tertiary alicyclic amines) is 1. The summed E-state index contributed by atoms with van der Waals surface area (Å²) in [6.07, 6.45) is 2.59. The van der Waals surface area contributed by atoms with E-state index in [0.29, 0.717) is 19.5 Å². The van der Waals surface area contributed by atoms with Crippen LogP contribution < -0.4 is 11.1 Å². The van der Waals surface area contributed by atoms with Crippen LogP contribution >= 0.6 is 0 Å². The summed E-state index contributed by atoms with van der Waals surface area (Å²) >= 11 is 0. The lowest BCUT2D eigenvalue weighted by atomic mass is 10.0. The molecule has 1 saturated heterocycles. The number of nitrogens with two attached hydrogens (primary N) is 1. The lowest BCUT2D eigenvalue weighted by Gasteiger charge is -2.33. The minimum Gasteiger partial charge on any atom is -0.368 e. The Labute approximate surface area is 83.6 Å². The Bertz CT molecular complexity index is 230. The van der Waals surface area contributed by atoms with Gasteiger partial charge < -0.3 is 16.0 Å². The van der Waals surface area contributed by atoms with Crippen LogP contribution in [0.4, 0.5) is 4.79 Å².